The molecule has 1 aromatic heterocycles. The number of ketones is 1. The summed E-state index contributed by atoms with van der Waals surface area (Å²) in [5.41, 5.74) is 2.31. The summed E-state index contributed by atoms with van der Waals surface area (Å²) in [7, 11) is 1.54. The van der Waals surface area contributed by atoms with Gasteiger partial charge in [0.05, 0.1) is 40.5 Å². The van der Waals surface area contributed by atoms with Gasteiger partial charge in [0.25, 0.3) is 0 Å². The first kappa shape index (κ1) is 25.3. The Kier molecular flexibility index (Phi) is 9.59. The lowest BCUT2D eigenvalue weighted by molar-refractivity contribution is -0.144. The highest BCUT2D eigenvalue weighted by molar-refractivity contribution is 7.98. The lowest BCUT2D eigenvalue weighted by Gasteiger charge is -2.12. The molecule has 0 saturated carbocycles. The van der Waals surface area contributed by atoms with Gasteiger partial charge in [0.15, 0.2) is 11.5 Å². The van der Waals surface area contributed by atoms with Gasteiger partial charge in [-0.3, -0.25) is 15.0 Å². The minimum absolute atomic E-state index is 0.124. The summed E-state index contributed by atoms with van der Waals surface area (Å²) in [5, 5.41) is 13.1. The van der Waals surface area contributed by atoms with E-state index in [9.17, 15) is 9.59 Å². The Balaban J connectivity index is 2.18. The van der Waals surface area contributed by atoms with E-state index in [1.807, 2.05) is 6.26 Å². The molecule has 168 valence electrons. The molecule has 9 nitrogen and oxygen atoms in total. The molecular weight excluding hydrogens is 479 g/mol. The summed E-state index contributed by atoms with van der Waals surface area (Å²) in [5.74, 6) is -0.513. The number of nitrogens with one attached hydrogen (secondary N) is 1. The topological polar surface area (TPSA) is 123 Å². The molecule has 32 heavy (non-hydrogen) atoms. The zero-order valence-electron chi connectivity index (χ0n) is 17.3. The van der Waals surface area contributed by atoms with Crippen LogP contribution in [0.3, 0.4) is 0 Å². The number of nitriles is 1. The fourth-order valence-electron chi connectivity index (χ4n) is 2.30. The molecule has 0 aliphatic rings. The number of methoxy groups -OCH3 is 1. The predicted molar refractivity (Wildman–Crippen MR) is 122 cm³/mol. The van der Waals surface area contributed by atoms with Gasteiger partial charge in [-0.15, -0.1) is 11.8 Å². The number of carbonyl (C=O) groups excluding carboxylic acids is 2. The number of nitrogens with zero attached hydrogens (tertiary/aromatic N) is 3. The number of thioether (sulfide) groups is 1. The second kappa shape index (κ2) is 12.1. The summed E-state index contributed by atoms with van der Waals surface area (Å²) in [6.07, 6.45) is 2.81. The normalized spacial score (nSPS) is 10.8. The van der Waals surface area contributed by atoms with E-state index in [-0.39, 0.29) is 34.0 Å². The first-order valence-corrected chi connectivity index (χ1v) is 11.0. The molecule has 1 N–H and O–H groups in total. The van der Waals surface area contributed by atoms with E-state index in [1.165, 1.54) is 30.1 Å². The van der Waals surface area contributed by atoms with Crippen molar-refractivity contribution in [3.05, 3.63) is 34.4 Å². The van der Waals surface area contributed by atoms with Crippen molar-refractivity contribution in [1.29, 1.82) is 5.26 Å². The average Bonchev–Trinajstić information content (AvgIpc) is 2.76. The molecule has 0 radical (unpaired) electrons. The van der Waals surface area contributed by atoms with Crippen LogP contribution in [0, 0.1) is 11.3 Å². The fraction of sp³-hybridized carbons (Fsp3) is 0.250. The van der Waals surface area contributed by atoms with Crippen LogP contribution < -0.4 is 14.9 Å². The zero-order chi connectivity index (χ0) is 23.7. The number of esters is 1. The minimum atomic E-state index is -0.786. The number of rotatable bonds is 10. The molecule has 0 aliphatic carbocycles. The fourth-order valence-corrected chi connectivity index (χ4v) is 3.42. The number of pyridine rings is 1. The van der Waals surface area contributed by atoms with Crippen molar-refractivity contribution in [1.82, 2.24) is 4.98 Å². The molecule has 2 aromatic rings. The van der Waals surface area contributed by atoms with Crippen LogP contribution in [0.5, 0.6) is 17.4 Å². The van der Waals surface area contributed by atoms with Crippen molar-refractivity contribution in [2.75, 3.05) is 25.4 Å². The molecule has 2 rings (SSSR count). The third-order valence-corrected chi connectivity index (χ3v) is 5.05. The van der Waals surface area contributed by atoms with E-state index in [2.05, 4.69) is 20.2 Å². The molecule has 1 heterocycles. The zero-order valence-corrected chi connectivity index (χ0v) is 19.6. The van der Waals surface area contributed by atoms with Gasteiger partial charge in [-0.2, -0.15) is 10.4 Å². The summed E-state index contributed by atoms with van der Waals surface area (Å²) in [6.45, 7) is 1.73. The van der Waals surface area contributed by atoms with Gasteiger partial charge in [-0.25, -0.2) is 4.98 Å². The number of hydrogen-bond acceptors (Lipinski definition) is 10. The minimum Gasteiger partial charge on any atom is -0.494 e. The van der Waals surface area contributed by atoms with E-state index in [0.29, 0.717) is 5.75 Å². The third kappa shape index (κ3) is 6.75. The van der Waals surface area contributed by atoms with Crippen LogP contribution in [-0.2, 0) is 14.3 Å². The largest absolute Gasteiger partial charge is 0.494 e. The molecule has 0 atom stereocenters. The molecule has 0 saturated heterocycles. The van der Waals surface area contributed by atoms with Gasteiger partial charge in [0.1, 0.15) is 12.5 Å². The number of carbonyl (C=O) groups is 2. The van der Waals surface area contributed by atoms with Crippen LogP contribution >= 0.6 is 35.0 Å². The Morgan fingerprint density at radius 2 is 1.97 bits per heavy atom. The second-order valence-corrected chi connectivity index (χ2v) is 7.50. The van der Waals surface area contributed by atoms with E-state index < -0.39 is 23.9 Å². The van der Waals surface area contributed by atoms with E-state index in [1.54, 1.807) is 26.2 Å². The van der Waals surface area contributed by atoms with Gasteiger partial charge < -0.3 is 14.2 Å². The van der Waals surface area contributed by atoms with Gasteiger partial charge in [0, 0.05) is 6.07 Å². The smallest absolute Gasteiger partial charge is 0.313 e. The van der Waals surface area contributed by atoms with Crippen LogP contribution in [0.25, 0.3) is 0 Å². The molecule has 0 fully saturated rings. The van der Waals surface area contributed by atoms with Crippen molar-refractivity contribution in [3.63, 3.8) is 0 Å². The number of benzene rings is 1. The highest BCUT2D eigenvalue weighted by Crippen LogP contribution is 2.39. The molecule has 0 aliphatic heterocycles. The number of aromatic nitrogens is 1. The van der Waals surface area contributed by atoms with Crippen molar-refractivity contribution in [2.24, 2.45) is 5.10 Å². The lowest BCUT2D eigenvalue weighted by Crippen LogP contribution is -2.19. The highest BCUT2D eigenvalue weighted by atomic mass is 35.5. The van der Waals surface area contributed by atoms with Crippen LogP contribution in [0.2, 0.25) is 10.0 Å². The molecule has 0 bridgehead atoms. The molecule has 0 unspecified atom stereocenters. The number of halogens is 2. The second-order valence-electron chi connectivity index (χ2n) is 5.84. The number of ether oxygens (including phenoxy) is 3. The standard InChI is InChI=1S/C20H18Cl2N4O5S/c1-4-30-19(28)7-15(27)14(9-23)26-25-11-5-12(21)20(13(22)6-11)31-18-8-17(32-3)16(29-2)10-24-18/h5-6,8,10,25H,4,7H2,1-3H3/b26-14-. The first-order chi connectivity index (χ1) is 15.3. The van der Waals surface area contributed by atoms with E-state index in [4.69, 9.17) is 37.9 Å². The quantitative estimate of drug-likeness (QED) is 0.163. The average molecular weight is 497 g/mol. The van der Waals surface area contributed by atoms with Gasteiger partial charge in [-0.05, 0) is 25.3 Å². The molecule has 12 heteroatoms. The summed E-state index contributed by atoms with van der Waals surface area (Å²) >= 11 is 14.0. The van der Waals surface area contributed by atoms with Crippen LogP contribution in [-0.4, -0.2) is 42.4 Å². The number of Topliss-reactive ketones (excluding diaryl/α,β-unsaturated/α-hetero) is 1. The van der Waals surface area contributed by atoms with Crippen LogP contribution in [0.1, 0.15) is 13.3 Å². The first-order valence-electron chi connectivity index (χ1n) is 9.00. The van der Waals surface area contributed by atoms with E-state index >= 15 is 0 Å². The Bertz CT molecular complexity index is 1070. The number of anilines is 1. The monoisotopic (exact) mass is 496 g/mol. The summed E-state index contributed by atoms with van der Waals surface area (Å²) in [6, 6.07) is 6.19. The van der Waals surface area contributed by atoms with Crippen molar-refractivity contribution < 1.29 is 23.8 Å². The van der Waals surface area contributed by atoms with Gasteiger partial charge >= 0.3 is 5.97 Å². The van der Waals surface area contributed by atoms with Crippen molar-refractivity contribution in [2.45, 2.75) is 18.2 Å². The SMILES string of the molecule is CCOC(=O)CC(=O)/C(C#N)=N\Nc1cc(Cl)c(Oc2cc(SC)c(OC)cn2)c(Cl)c1. The Morgan fingerprint density at radius 3 is 2.53 bits per heavy atom. The Morgan fingerprint density at radius 1 is 1.28 bits per heavy atom. The summed E-state index contributed by atoms with van der Waals surface area (Å²) < 4.78 is 15.6. The van der Waals surface area contributed by atoms with Crippen molar-refractivity contribution in [3.8, 4) is 23.4 Å². The van der Waals surface area contributed by atoms with Crippen LogP contribution in [0.4, 0.5) is 5.69 Å². The molecule has 0 spiro atoms. The van der Waals surface area contributed by atoms with Crippen LogP contribution in [0.15, 0.2) is 34.4 Å². The molecule has 0 amide bonds. The number of hydrazone groups is 1. The maximum Gasteiger partial charge on any atom is 0.313 e. The van der Waals surface area contributed by atoms with E-state index in [0.717, 1.165) is 4.90 Å². The summed E-state index contributed by atoms with van der Waals surface area (Å²) in [4.78, 5) is 28.4. The third-order valence-electron chi connectivity index (χ3n) is 3.73. The highest BCUT2D eigenvalue weighted by Gasteiger charge is 2.18. The Hall–Kier alpha value is -3.00. The molecule has 1 aromatic carbocycles. The van der Waals surface area contributed by atoms with Gasteiger partial charge in [0.2, 0.25) is 17.4 Å². The predicted octanol–water partition coefficient (Wildman–Crippen LogP) is 4.72. The maximum atomic E-state index is 12.0. The van der Waals surface area contributed by atoms with Gasteiger partial charge in [-0.1, -0.05) is 23.2 Å². The number of hydrogen-bond donors (Lipinski definition) is 1. The Labute approximate surface area is 198 Å². The van der Waals surface area contributed by atoms with Crippen molar-refractivity contribution >= 4 is 58.1 Å². The maximum absolute atomic E-state index is 12.0. The molecular formula is C20H18Cl2N4O5S. The lowest BCUT2D eigenvalue weighted by atomic mass is 10.2.